The van der Waals surface area contributed by atoms with E-state index >= 15 is 0 Å². The van der Waals surface area contributed by atoms with E-state index in [2.05, 4.69) is 27.7 Å². The fourth-order valence-corrected chi connectivity index (χ4v) is 8.04. The molecule has 0 spiro atoms. The van der Waals surface area contributed by atoms with Crippen molar-refractivity contribution in [2.75, 3.05) is 13.2 Å². The van der Waals surface area contributed by atoms with Crippen molar-refractivity contribution in [2.24, 2.45) is 5.92 Å². The Bertz CT molecular complexity index is 887. The van der Waals surface area contributed by atoms with Gasteiger partial charge in [-0.15, -0.1) is 0 Å². The molecule has 0 aliphatic heterocycles. The molecule has 0 heterocycles. The Morgan fingerprint density at radius 2 is 0.559 bits per heavy atom. The lowest BCUT2D eigenvalue weighted by molar-refractivity contribution is -0.167. The van der Waals surface area contributed by atoms with Crippen LogP contribution in [0, 0.1) is 5.92 Å². The van der Waals surface area contributed by atoms with Crippen molar-refractivity contribution in [3.05, 3.63) is 0 Å². The standard InChI is InChI=1S/C53H102O6/c1-5-7-9-11-13-15-16-17-18-23-26-30-34-38-42-46-53(56)59-50(47-57-51(54)44-40-36-32-27-14-12-10-8-6-2)48-58-52(55)45-41-37-33-29-25-22-20-19-21-24-28-31-35-39-43-49(3)4/h49-50H,5-48H2,1-4H3/t50-/m0/s1. The second-order valence-electron chi connectivity index (χ2n) is 18.6. The van der Waals surface area contributed by atoms with Gasteiger partial charge in [0.2, 0.25) is 0 Å². The summed E-state index contributed by atoms with van der Waals surface area (Å²) in [4.78, 5) is 37.9. The molecule has 0 unspecified atom stereocenters. The van der Waals surface area contributed by atoms with Crippen molar-refractivity contribution in [1.82, 2.24) is 0 Å². The predicted molar refractivity (Wildman–Crippen MR) is 252 cm³/mol. The maximum Gasteiger partial charge on any atom is 0.306 e. The number of hydrogen-bond donors (Lipinski definition) is 0. The van der Waals surface area contributed by atoms with Crippen LogP contribution in [0.5, 0.6) is 0 Å². The molecule has 59 heavy (non-hydrogen) atoms. The summed E-state index contributed by atoms with van der Waals surface area (Å²) in [6.45, 7) is 9.03. The number of esters is 3. The quantitative estimate of drug-likeness (QED) is 0.0345. The molecule has 0 fully saturated rings. The Labute approximate surface area is 368 Å². The van der Waals surface area contributed by atoms with Crippen LogP contribution in [0.1, 0.15) is 297 Å². The highest BCUT2D eigenvalue weighted by molar-refractivity contribution is 5.71. The zero-order chi connectivity index (χ0) is 43.1. The van der Waals surface area contributed by atoms with Gasteiger partial charge in [0, 0.05) is 19.3 Å². The van der Waals surface area contributed by atoms with Crippen molar-refractivity contribution in [3.63, 3.8) is 0 Å². The molecular weight excluding hydrogens is 733 g/mol. The second-order valence-corrected chi connectivity index (χ2v) is 18.6. The van der Waals surface area contributed by atoms with Gasteiger partial charge in [0.15, 0.2) is 6.10 Å². The van der Waals surface area contributed by atoms with Gasteiger partial charge in [-0.25, -0.2) is 0 Å². The molecule has 0 saturated carbocycles. The first-order valence-electron chi connectivity index (χ1n) is 26.4. The molecule has 350 valence electrons. The van der Waals surface area contributed by atoms with Crippen LogP contribution in [-0.4, -0.2) is 37.2 Å². The molecule has 6 nitrogen and oxygen atoms in total. The summed E-state index contributed by atoms with van der Waals surface area (Å²) >= 11 is 0. The van der Waals surface area contributed by atoms with Crippen LogP contribution in [0.4, 0.5) is 0 Å². The third-order valence-electron chi connectivity index (χ3n) is 12.0. The maximum atomic E-state index is 12.8. The van der Waals surface area contributed by atoms with Gasteiger partial charge in [0.25, 0.3) is 0 Å². The van der Waals surface area contributed by atoms with Gasteiger partial charge in [-0.05, 0) is 25.2 Å². The third-order valence-corrected chi connectivity index (χ3v) is 12.0. The normalized spacial score (nSPS) is 11.9. The topological polar surface area (TPSA) is 78.9 Å². The lowest BCUT2D eigenvalue weighted by atomic mass is 10.0. The minimum atomic E-state index is -0.760. The van der Waals surface area contributed by atoms with E-state index in [0.717, 1.165) is 63.7 Å². The molecule has 0 radical (unpaired) electrons. The van der Waals surface area contributed by atoms with Crippen molar-refractivity contribution in [1.29, 1.82) is 0 Å². The Morgan fingerprint density at radius 3 is 0.831 bits per heavy atom. The van der Waals surface area contributed by atoms with Gasteiger partial charge in [0.05, 0.1) is 0 Å². The van der Waals surface area contributed by atoms with E-state index in [1.807, 2.05) is 0 Å². The maximum absolute atomic E-state index is 12.8. The summed E-state index contributed by atoms with van der Waals surface area (Å²) in [6, 6.07) is 0. The minimum absolute atomic E-state index is 0.0626. The highest BCUT2D eigenvalue weighted by Crippen LogP contribution is 2.17. The number of rotatable bonds is 48. The highest BCUT2D eigenvalue weighted by atomic mass is 16.6. The van der Waals surface area contributed by atoms with Gasteiger partial charge < -0.3 is 14.2 Å². The third kappa shape index (κ3) is 47.3. The average molecular weight is 835 g/mol. The van der Waals surface area contributed by atoms with Crippen LogP contribution >= 0.6 is 0 Å². The SMILES string of the molecule is CCCCCCCCCCCCCCCCCC(=O)O[C@@H](COC(=O)CCCCCCCCCCC)COC(=O)CCCCCCCCCCCCCCCCC(C)C. The van der Waals surface area contributed by atoms with E-state index in [1.165, 1.54) is 193 Å². The molecule has 0 aromatic heterocycles. The van der Waals surface area contributed by atoms with Crippen LogP contribution in [0.15, 0.2) is 0 Å². The van der Waals surface area contributed by atoms with Gasteiger partial charge in [-0.1, -0.05) is 259 Å². The number of ether oxygens (including phenoxy) is 3. The molecule has 6 heteroatoms. The van der Waals surface area contributed by atoms with E-state index in [-0.39, 0.29) is 31.1 Å². The van der Waals surface area contributed by atoms with Crippen LogP contribution < -0.4 is 0 Å². The van der Waals surface area contributed by atoms with Crippen LogP contribution in [-0.2, 0) is 28.6 Å². The molecule has 1 atom stereocenters. The Hall–Kier alpha value is -1.59. The largest absolute Gasteiger partial charge is 0.462 e. The van der Waals surface area contributed by atoms with Gasteiger partial charge in [0.1, 0.15) is 13.2 Å². The molecule has 0 aliphatic carbocycles. The number of carbonyl (C=O) groups is 3. The zero-order valence-corrected chi connectivity index (χ0v) is 40.2. The minimum Gasteiger partial charge on any atom is -0.462 e. The first-order valence-corrected chi connectivity index (χ1v) is 26.4. The van der Waals surface area contributed by atoms with Gasteiger partial charge >= 0.3 is 17.9 Å². The Morgan fingerprint density at radius 1 is 0.322 bits per heavy atom. The van der Waals surface area contributed by atoms with Crippen molar-refractivity contribution in [3.8, 4) is 0 Å². The Balaban J connectivity index is 4.24. The lowest BCUT2D eigenvalue weighted by Gasteiger charge is -2.18. The fraction of sp³-hybridized carbons (Fsp3) is 0.943. The molecule has 0 aromatic rings. The van der Waals surface area contributed by atoms with Gasteiger partial charge in [-0.3, -0.25) is 14.4 Å². The Kier molecular flexibility index (Phi) is 46.2. The number of hydrogen-bond acceptors (Lipinski definition) is 6. The molecule has 0 aliphatic rings. The predicted octanol–water partition coefficient (Wildman–Crippen LogP) is 17.1. The molecule has 0 saturated heterocycles. The molecule has 0 bridgehead atoms. The monoisotopic (exact) mass is 835 g/mol. The van der Waals surface area contributed by atoms with E-state index in [0.29, 0.717) is 19.3 Å². The first kappa shape index (κ1) is 57.4. The lowest BCUT2D eigenvalue weighted by Crippen LogP contribution is -2.30. The summed E-state index contributed by atoms with van der Waals surface area (Å²) in [5.41, 5.74) is 0. The van der Waals surface area contributed by atoms with Crippen LogP contribution in [0.3, 0.4) is 0 Å². The van der Waals surface area contributed by atoms with Crippen LogP contribution in [0.25, 0.3) is 0 Å². The number of unbranched alkanes of at least 4 members (excludes halogenated alkanes) is 35. The molecular formula is C53H102O6. The van der Waals surface area contributed by atoms with Crippen LogP contribution in [0.2, 0.25) is 0 Å². The zero-order valence-electron chi connectivity index (χ0n) is 40.2. The molecule has 0 N–H and O–H groups in total. The molecule has 0 aromatic carbocycles. The second kappa shape index (κ2) is 47.5. The summed E-state index contributed by atoms with van der Waals surface area (Å²) < 4.78 is 16.8. The molecule has 0 rings (SSSR count). The molecule has 0 amide bonds. The van der Waals surface area contributed by atoms with E-state index in [4.69, 9.17) is 14.2 Å². The smallest absolute Gasteiger partial charge is 0.306 e. The summed E-state index contributed by atoms with van der Waals surface area (Å²) in [7, 11) is 0. The highest BCUT2D eigenvalue weighted by Gasteiger charge is 2.19. The first-order chi connectivity index (χ1) is 28.9. The fourth-order valence-electron chi connectivity index (χ4n) is 8.04. The van der Waals surface area contributed by atoms with E-state index < -0.39 is 6.10 Å². The van der Waals surface area contributed by atoms with E-state index in [9.17, 15) is 14.4 Å². The van der Waals surface area contributed by atoms with Crippen molar-refractivity contribution in [2.45, 2.75) is 303 Å². The summed E-state index contributed by atoms with van der Waals surface area (Å²) in [5, 5.41) is 0. The summed E-state index contributed by atoms with van der Waals surface area (Å²) in [6.07, 6.45) is 49.5. The summed E-state index contributed by atoms with van der Waals surface area (Å²) in [5.74, 6) is -0.000130. The van der Waals surface area contributed by atoms with Crippen molar-refractivity contribution >= 4 is 17.9 Å². The van der Waals surface area contributed by atoms with Crippen molar-refractivity contribution < 1.29 is 28.6 Å². The number of carbonyl (C=O) groups excluding carboxylic acids is 3. The average Bonchev–Trinajstić information content (AvgIpc) is 3.22. The van der Waals surface area contributed by atoms with E-state index in [1.54, 1.807) is 0 Å². The van der Waals surface area contributed by atoms with Gasteiger partial charge in [-0.2, -0.15) is 0 Å².